The Morgan fingerprint density at radius 1 is 1.00 bits per heavy atom. The number of unbranched alkanes of at least 4 members (excludes halogenated alkanes) is 1. The first kappa shape index (κ1) is 15.0. The van der Waals surface area contributed by atoms with E-state index < -0.39 is 0 Å². The zero-order chi connectivity index (χ0) is 13.2. The van der Waals surface area contributed by atoms with E-state index in [2.05, 4.69) is 4.74 Å². The van der Waals surface area contributed by atoms with Gasteiger partial charge in [0.1, 0.15) is 0 Å². The van der Waals surface area contributed by atoms with Crippen LogP contribution in [0.15, 0.2) is 0 Å². The standard InChI is InChI=1S/C14H24O4/c1-17-13(15)9-5-6-10-14(16)18-11-12-7-3-2-4-8-12/h12H,2-11H2,1H3. The first-order chi connectivity index (χ1) is 8.72. The van der Waals surface area contributed by atoms with Crippen molar-refractivity contribution >= 4 is 11.9 Å². The molecule has 0 atom stereocenters. The molecule has 0 spiro atoms. The van der Waals surface area contributed by atoms with E-state index in [0.29, 0.717) is 38.2 Å². The van der Waals surface area contributed by atoms with Crippen LogP contribution < -0.4 is 0 Å². The highest BCUT2D eigenvalue weighted by molar-refractivity contribution is 5.70. The van der Waals surface area contributed by atoms with Crippen LogP contribution >= 0.6 is 0 Å². The highest BCUT2D eigenvalue weighted by Crippen LogP contribution is 2.23. The second-order valence-electron chi connectivity index (χ2n) is 4.97. The molecule has 0 amide bonds. The van der Waals surface area contributed by atoms with Gasteiger partial charge in [0.15, 0.2) is 0 Å². The fourth-order valence-electron chi connectivity index (χ4n) is 2.28. The van der Waals surface area contributed by atoms with E-state index in [-0.39, 0.29) is 11.9 Å². The van der Waals surface area contributed by atoms with Gasteiger partial charge in [0.25, 0.3) is 0 Å². The summed E-state index contributed by atoms with van der Waals surface area (Å²) in [5.41, 5.74) is 0. The molecule has 1 aliphatic carbocycles. The van der Waals surface area contributed by atoms with Crippen molar-refractivity contribution in [3.63, 3.8) is 0 Å². The van der Waals surface area contributed by atoms with Crippen molar-refractivity contribution in [2.24, 2.45) is 5.92 Å². The van der Waals surface area contributed by atoms with E-state index in [4.69, 9.17) is 4.74 Å². The summed E-state index contributed by atoms with van der Waals surface area (Å²) in [6.45, 7) is 0.579. The summed E-state index contributed by atoms with van der Waals surface area (Å²) in [5, 5.41) is 0. The quantitative estimate of drug-likeness (QED) is 0.519. The average molecular weight is 256 g/mol. The predicted molar refractivity (Wildman–Crippen MR) is 68.0 cm³/mol. The zero-order valence-corrected chi connectivity index (χ0v) is 11.3. The fourth-order valence-corrected chi connectivity index (χ4v) is 2.28. The van der Waals surface area contributed by atoms with Crippen LogP contribution in [0.2, 0.25) is 0 Å². The summed E-state index contributed by atoms with van der Waals surface area (Å²) in [7, 11) is 1.38. The lowest BCUT2D eigenvalue weighted by Crippen LogP contribution is -2.16. The van der Waals surface area contributed by atoms with Gasteiger partial charge in [-0.15, -0.1) is 0 Å². The number of carbonyl (C=O) groups excluding carboxylic acids is 2. The summed E-state index contributed by atoms with van der Waals surface area (Å²) in [6.07, 6.45) is 8.39. The Morgan fingerprint density at radius 2 is 1.61 bits per heavy atom. The Hall–Kier alpha value is -1.06. The van der Waals surface area contributed by atoms with Gasteiger partial charge < -0.3 is 9.47 Å². The molecule has 18 heavy (non-hydrogen) atoms. The van der Waals surface area contributed by atoms with Gasteiger partial charge in [-0.1, -0.05) is 19.3 Å². The van der Waals surface area contributed by atoms with E-state index in [1.54, 1.807) is 0 Å². The van der Waals surface area contributed by atoms with Gasteiger partial charge in [0.05, 0.1) is 13.7 Å². The van der Waals surface area contributed by atoms with Crippen LogP contribution in [0.25, 0.3) is 0 Å². The van der Waals surface area contributed by atoms with E-state index in [1.165, 1.54) is 39.2 Å². The smallest absolute Gasteiger partial charge is 0.305 e. The minimum absolute atomic E-state index is 0.134. The third-order valence-electron chi connectivity index (χ3n) is 3.44. The summed E-state index contributed by atoms with van der Waals surface area (Å²) in [6, 6.07) is 0. The van der Waals surface area contributed by atoms with Gasteiger partial charge in [-0.25, -0.2) is 0 Å². The van der Waals surface area contributed by atoms with Crippen molar-refractivity contribution in [1.29, 1.82) is 0 Å². The van der Waals surface area contributed by atoms with E-state index in [0.717, 1.165) is 0 Å². The lowest BCUT2D eigenvalue weighted by Gasteiger charge is -2.20. The topological polar surface area (TPSA) is 52.6 Å². The van der Waals surface area contributed by atoms with Crippen LogP contribution in [-0.2, 0) is 19.1 Å². The summed E-state index contributed by atoms with van der Waals surface area (Å²) in [4.78, 5) is 22.3. The molecule has 0 saturated heterocycles. The second-order valence-corrected chi connectivity index (χ2v) is 4.97. The summed E-state index contributed by atoms with van der Waals surface area (Å²) < 4.78 is 9.79. The number of rotatable bonds is 7. The molecule has 0 aliphatic heterocycles. The van der Waals surface area contributed by atoms with Gasteiger partial charge in [-0.2, -0.15) is 0 Å². The van der Waals surface area contributed by atoms with E-state index in [9.17, 15) is 9.59 Å². The monoisotopic (exact) mass is 256 g/mol. The number of esters is 2. The Morgan fingerprint density at radius 3 is 2.22 bits per heavy atom. The molecule has 0 aromatic rings. The molecule has 1 saturated carbocycles. The molecule has 0 unspecified atom stereocenters. The van der Waals surface area contributed by atoms with E-state index in [1.807, 2.05) is 0 Å². The average Bonchev–Trinajstić information content (AvgIpc) is 2.42. The molecule has 4 heteroatoms. The maximum Gasteiger partial charge on any atom is 0.305 e. The van der Waals surface area contributed by atoms with Crippen molar-refractivity contribution < 1.29 is 19.1 Å². The van der Waals surface area contributed by atoms with Crippen LogP contribution in [0.5, 0.6) is 0 Å². The minimum atomic E-state index is -0.217. The normalized spacial score (nSPS) is 16.3. The van der Waals surface area contributed by atoms with Crippen LogP contribution in [0.3, 0.4) is 0 Å². The molecular formula is C14H24O4. The molecule has 1 aliphatic rings. The molecule has 0 radical (unpaired) electrons. The van der Waals surface area contributed by atoms with Crippen molar-refractivity contribution in [2.75, 3.05) is 13.7 Å². The number of hydrogen-bond donors (Lipinski definition) is 0. The van der Waals surface area contributed by atoms with Gasteiger partial charge in [-0.05, 0) is 31.6 Å². The van der Waals surface area contributed by atoms with E-state index >= 15 is 0 Å². The van der Waals surface area contributed by atoms with Gasteiger partial charge in [-0.3, -0.25) is 9.59 Å². The van der Waals surface area contributed by atoms with Crippen molar-refractivity contribution in [3.8, 4) is 0 Å². The largest absolute Gasteiger partial charge is 0.469 e. The van der Waals surface area contributed by atoms with Crippen LogP contribution in [0.1, 0.15) is 57.8 Å². The number of hydrogen-bond acceptors (Lipinski definition) is 4. The van der Waals surface area contributed by atoms with Crippen molar-refractivity contribution in [2.45, 2.75) is 57.8 Å². The molecule has 1 rings (SSSR count). The van der Waals surface area contributed by atoms with Crippen LogP contribution in [0, 0.1) is 5.92 Å². The zero-order valence-electron chi connectivity index (χ0n) is 11.3. The molecule has 0 heterocycles. The first-order valence-electron chi connectivity index (χ1n) is 6.95. The van der Waals surface area contributed by atoms with Crippen LogP contribution in [0.4, 0.5) is 0 Å². The van der Waals surface area contributed by atoms with Gasteiger partial charge >= 0.3 is 11.9 Å². The number of methoxy groups -OCH3 is 1. The second kappa shape index (κ2) is 8.95. The molecule has 1 fully saturated rings. The third kappa shape index (κ3) is 6.62. The van der Waals surface area contributed by atoms with Crippen molar-refractivity contribution in [3.05, 3.63) is 0 Å². The lowest BCUT2D eigenvalue weighted by atomic mass is 9.90. The summed E-state index contributed by atoms with van der Waals surface area (Å²) in [5.74, 6) is 0.216. The van der Waals surface area contributed by atoms with Gasteiger partial charge in [0, 0.05) is 12.8 Å². The highest BCUT2D eigenvalue weighted by atomic mass is 16.5. The highest BCUT2D eigenvalue weighted by Gasteiger charge is 2.15. The Bertz CT molecular complexity index is 257. The maximum atomic E-state index is 11.5. The number of ether oxygens (including phenoxy) is 2. The molecule has 104 valence electrons. The molecule has 0 bridgehead atoms. The Labute approximate surface area is 109 Å². The lowest BCUT2D eigenvalue weighted by molar-refractivity contribution is -0.146. The predicted octanol–water partition coefficient (Wildman–Crippen LogP) is 2.84. The molecule has 4 nitrogen and oxygen atoms in total. The third-order valence-corrected chi connectivity index (χ3v) is 3.44. The molecule has 0 aromatic heterocycles. The fraction of sp³-hybridized carbons (Fsp3) is 0.857. The molecule has 0 N–H and O–H groups in total. The first-order valence-corrected chi connectivity index (χ1v) is 6.95. The molecular weight excluding hydrogens is 232 g/mol. The number of carbonyl (C=O) groups is 2. The van der Waals surface area contributed by atoms with Gasteiger partial charge in [0.2, 0.25) is 0 Å². The maximum absolute atomic E-state index is 11.5. The minimum Gasteiger partial charge on any atom is -0.469 e. The van der Waals surface area contributed by atoms with Crippen LogP contribution in [-0.4, -0.2) is 25.7 Å². The Balaban J connectivity index is 1.98. The Kier molecular flexibility index (Phi) is 7.46. The molecule has 0 aromatic carbocycles. The SMILES string of the molecule is COC(=O)CCCCC(=O)OCC1CCCCC1. The summed E-state index contributed by atoms with van der Waals surface area (Å²) >= 11 is 0. The van der Waals surface area contributed by atoms with Crippen molar-refractivity contribution in [1.82, 2.24) is 0 Å².